The molecule has 1 rings (SSSR count). The quantitative estimate of drug-likeness (QED) is 0.790. The second kappa shape index (κ2) is 6.90. The van der Waals surface area contributed by atoms with Gasteiger partial charge in [0, 0.05) is 6.42 Å². The highest BCUT2D eigenvalue weighted by Crippen LogP contribution is 2.21. The minimum Gasteiger partial charge on any atom is -0.508 e. The van der Waals surface area contributed by atoms with E-state index >= 15 is 0 Å². The number of phenols is 1. The fourth-order valence-electron chi connectivity index (χ4n) is 2.04. The van der Waals surface area contributed by atoms with Crippen molar-refractivity contribution in [2.45, 2.75) is 39.0 Å². The Labute approximate surface area is 97.5 Å². The van der Waals surface area contributed by atoms with Gasteiger partial charge in [0.05, 0.1) is 6.07 Å². The molecule has 0 radical (unpaired) electrons. The second-order valence-corrected chi connectivity index (χ2v) is 4.23. The number of phenolic OH excluding ortho intramolecular Hbond substituents is 1. The number of aromatic hydroxyl groups is 1. The van der Waals surface area contributed by atoms with Crippen molar-refractivity contribution < 1.29 is 5.11 Å². The van der Waals surface area contributed by atoms with E-state index in [1.54, 1.807) is 6.07 Å². The molecule has 1 aromatic rings. The number of nitriles is 1. The Morgan fingerprint density at radius 2 is 2.19 bits per heavy atom. The van der Waals surface area contributed by atoms with E-state index in [0.717, 1.165) is 31.2 Å². The van der Waals surface area contributed by atoms with Crippen LogP contribution in [0.25, 0.3) is 0 Å². The molecule has 0 bridgehead atoms. The van der Waals surface area contributed by atoms with Gasteiger partial charge in [-0.3, -0.25) is 0 Å². The highest BCUT2D eigenvalue weighted by Gasteiger charge is 2.08. The lowest BCUT2D eigenvalue weighted by Gasteiger charge is -2.14. The zero-order valence-electron chi connectivity index (χ0n) is 9.82. The molecule has 0 aliphatic heterocycles. The van der Waals surface area contributed by atoms with Crippen LogP contribution >= 0.6 is 0 Å². The van der Waals surface area contributed by atoms with Crippen LogP contribution in [0.1, 0.15) is 38.2 Å². The van der Waals surface area contributed by atoms with Crippen LogP contribution in [0.2, 0.25) is 0 Å². The van der Waals surface area contributed by atoms with Gasteiger partial charge >= 0.3 is 0 Å². The van der Waals surface area contributed by atoms with Gasteiger partial charge in [0.1, 0.15) is 5.75 Å². The van der Waals surface area contributed by atoms with E-state index < -0.39 is 0 Å². The fourth-order valence-corrected chi connectivity index (χ4v) is 2.04. The summed E-state index contributed by atoms with van der Waals surface area (Å²) in [5.41, 5.74) is 1.16. The van der Waals surface area contributed by atoms with Gasteiger partial charge in [-0.1, -0.05) is 31.9 Å². The van der Waals surface area contributed by atoms with Crippen LogP contribution in [0.3, 0.4) is 0 Å². The minimum atomic E-state index is 0.327. The first kappa shape index (κ1) is 12.6. The third kappa shape index (κ3) is 4.35. The average Bonchev–Trinajstić information content (AvgIpc) is 2.26. The molecule has 16 heavy (non-hydrogen) atoms. The second-order valence-electron chi connectivity index (χ2n) is 4.23. The molecule has 0 aliphatic rings. The van der Waals surface area contributed by atoms with Crippen molar-refractivity contribution in [3.63, 3.8) is 0 Å². The molecule has 86 valence electrons. The highest BCUT2D eigenvalue weighted by molar-refractivity contribution is 5.27. The summed E-state index contributed by atoms with van der Waals surface area (Å²) in [6.45, 7) is 2.17. The van der Waals surface area contributed by atoms with Crippen LogP contribution in [0.15, 0.2) is 24.3 Å². The zero-order valence-corrected chi connectivity index (χ0v) is 9.82. The molecule has 0 heterocycles. The Morgan fingerprint density at radius 3 is 2.81 bits per heavy atom. The maximum atomic E-state index is 9.38. The van der Waals surface area contributed by atoms with Crippen LogP contribution in [-0.2, 0) is 6.42 Å². The number of hydrogen-bond acceptors (Lipinski definition) is 2. The Bertz CT molecular complexity index is 354. The molecule has 0 aromatic heterocycles. The summed E-state index contributed by atoms with van der Waals surface area (Å²) >= 11 is 0. The summed E-state index contributed by atoms with van der Waals surface area (Å²) in [5, 5.41) is 18.0. The molecule has 0 unspecified atom stereocenters. The molecule has 0 aliphatic carbocycles. The van der Waals surface area contributed by atoms with Crippen molar-refractivity contribution >= 4 is 0 Å². The predicted octanol–water partition coefficient (Wildman–Crippen LogP) is 3.65. The first-order valence-electron chi connectivity index (χ1n) is 5.91. The average molecular weight is 217 g/mol. The van der Waals surface area contributed by atoms with Crippen LogP contribution in [0.4, 0.5) is 0 Å². The Kier molecular flexibility index (Phi) is 5.42. The normalized spacial score (nSPS) is 12.0. The molecule has 1 N–H and O–H groups in total. The lowest BCUT2D eigenvalue weighted by Crippen LogP contribution is -2.04. The van der Waals surface area contributed by atoms with Gasteiger partial charge < -0.3 is 5.11 Å². The predicted molar refractivity (Wildman–Crippen MR) is 65.1 cm³/mol. The molecule has 2 nitrogen and oxygen atoms in total. The van der Waals surface area contributed by atoms with E-state index in [1.807, 2.05) is 18.2 Å². The third-order valence-corrected chi connectivity index (χ3v) is 2.80. The van der Waals surface area contributed by atoms with Gasteiger partial charge in [-0.05, 0) is 36.5 Å². The van der Waals surface area contributed by atoms with Crippen LogP contribution in [0.5, 0.6) is 5.75 Å². The van der Waals surface area contributed by atoms with E-state index in [-0.39, 0.29) is 0 Å². The first-order valence-corrected chi connectivity index (χ1v) is 5.91. The fraction of sp³-hybridized carbons (Fsp3) is 0.500. The lowest BCUT2D eigenvalue weighted by molar-refractivity contribution is 0.444. The number of nitrogens with zero attached hydrogens (tertiary/aromatic N) is 1. The molecule has 0 spiro atoms. The largest absolute Gasteiger partial charge is 0.508 e. The molecule has 0 saturated carbocycles. The van der Waals surface area contributed by atoms with Gasteiger partial charge in [-0.2, -0.15) is 5.26 Å². The first-order chi connectivity index (χ1) is 7.76. The Hall–Kier alpha value is -1.49. The number of rotatable bonds is 6. The minimum absolute atomic E-state index is 0.327. The maximum absolute atomic E-state index is 9.38. The van der Waals surface area contributed by atoms with Gasteiger partial charge in [-0.25, -0.2) is 0 Å². The van der Waals surface area contributed by atoms with E-state index in [1.165, 1.54) is 0 Å². The van der Waals surface area contributed by atoms with Crippen molar-refractivity contribution in [2.75, 3.05) is 0 Å². The molecule has 0 saturated heterocycles. The monoisotopic (exact) mass is 217 g/mol. The molecular weight excluding hydrogens is 198 g/mol. The molecular formula is C14H19NO. The number of benzene rings is 1. The summed E-state index contributed by atoms with van der Waals surface area (Å²) in [6, 6.07) is 9.62. The Balaban J connectivity index is 2.57. The van der Waals surface area contributed by atoms with Crippen LogP contribution in [-0.4, -0.2) is 5.11 Å². The summed E-state index contributed by atoms with van der Waals surface area (Å²) in [4.78, 5) is 0. The van der Waals surface area contributed by atoms with Crippen LogP contribution < -0.4 is 0 Å². The summed E-state index contributed by atoms with van der Waals surface area (Å²) < 4.78 is 0. The molecule has 1 atom stereocenters. The summed E-state index contributed by atoms with van der Waals surface area (Å²) in [5.74, 6) is 0.888. The van der Waals surface area contributed by atoms with Crippen LogP contribution in [0, 0.1) is 17.2 Å². The maximum Gasteiger partial charge on any atom is 0.115 e. The van der Waals surface area contributed by atoms with Crippen molar-refractivity contribution in [1.82, 2.24) is 0 Å². The molecule has 2 heteroatoms. The highest BCUT2D eigenvalue weighted by atomic mass is 16.3. The molecule has 0 amide bonds. The van der Waals surface area contributed by atoms with Gasteiger partial charge in [0.25, 0.3) is 0 Å². The summed E-state index contributed by atoms with van der Waals surface area (Å²) in [7, 11) is 0. The molecule has 1 aromatic carbocycles. The number of hydrogen-bond donors (Lipinski definition) is 1. The van der Waals surface area contributed by atoms with Gasteiger partial charge in [0.15, 0.2) is 0 Å². The summed E-state index contributed by atoms with van der Waals surface area (Å²) in [6.07, 6.45) is 4.85. The van der Waals surface area contributed by atoms with E-state index in [4.69, 9.17) is 5.26 Å². The van der Waals surface area contributed by atoms with E-state index in [0.29, 0.717) is 18.1 Å². The van der Waals surface area contributed by atoms with Crippen molar-refractivity contribution in [3.05, 3.63) is 29.8 Å². The van der Waals surface area contributed by atoms with Gasteiger partial charge in [-0.15, -0.1) is 0 Å². The van der Waals surface area contributed by atoms with Crippen molar-refractivity contribution in [2.24, 2.45) is 5.92 Å². The van der Waals surface area contributed by atoms with Crippen molar-refractivity contribution in [3.8, 4) is 11.8 Å². The third-order valence-electron chi connectivity index (χ3n) is 2.80. The van der Waals surface area contributed by atoms with E-state index in [2.05, 4.69) is 13.0 Å². The van der Waals surface area contributed by atoms with E-state index in [9.17, 15) is 5.11 Å². The van der Waals surface area contributed by atoms with Gasteiger partial charge in [0.2, 0.25) is 0 Å². The SMILES string of the molecule is CCC[C@H](CCC#N)Cc1cccc(O)c1. The van der Waals surface area contributed by atoms with Crippen molar-refractivity contribution in [1.29, 1.82) is 5.26 Å². The zero-order chi connectivity index (χ0) is 11.8. The Morgan fingerprint density at radius 1 is 1.38 bits per heavy atom. The standard InChI is InChI=1S/C14H19NO/c1-2-5-12(7-4-9-15)10-13-6-3-8-14(16)11-13/h3,6,8,11-12,16H,2,4-5,7,10H2,1H3/t12-/m1/s1. The molecule has 0 fully saturated rings. The topological polar surface area (TPSA) is 44.0 Å². The smallest absolute Gasteiger partial charge is 0.115 e. The lowest BCUT2D eigenvalue weighted by atomic mass is 9.91.